The van der Waals surface area contributed by atoms with Crippen molar-refractivity contribution in [3.8, 4) is 0 Å². The van der Waals surface area contributed by atoms with Crippen LogP contribution in [0.3, 0.4) is 0 Å². The molecule has 0 spiro atoms. The molecule has 7 heteroatoms. The Morgan fingerprint density at radius 2 is 1.79 bits per heavy atom. The largest absolute Gasteiger partial charge is 0.376 e. The summed E-state index contributed by atoms with van der Waals surface area (Å²) in [6.45, 7) is 4.20. The van der Waals surface area contributed by atoms with E-state index in [-0.39, 0.29) is 24.5 Å². The number of ether oxygens (including phenoxy) is 1. The first-order valence-corrected chi connectivity index (χ1v) is 13.2. The van der Waals surface area contributed by atoms with Gasteiger partial charge in [0.1, 0.15) is 6.54 Å². The highest BCUT2D eigenvalue weighted by Gasteiger charge is 2.28. The fraction of sp³-hybridized carbons (Fsp3) is 0.333. The zero-order valence-electron chi connectivity index (χ0n) is 19.3. The van der Waals surface area contributed by atoms with Crippen LogP contribution in [0.5, 0.6) is 0 Å². The van der Waals surface area contributed by atoms with Gasteiger partial charge in [-0.1, -0.05) is 42.5 Å². The van der Waals surface area contributed by atoms with Crippen molar-refractivity contribution in [3.05, 3.63) is 92.1 Å². The molecule has 2 aromatic carbocycles. The quantitative estimate of drug-likeness (QED) is 0.351. The Labute approximate surface area is 213 Å². The van der Waals surface area contributed by atoms with E-state index in [2.05, 4.69) is 34.3 Å². The summed E-state index contributed by atoms with van der Waals surface area (Å²) in [5.41, 5.74) is 2.79. The van der Waals surface area contributed by atoms with Crippen molar-refractivity contribution in [2.24, 2.45) is 0 Å². The molecule has 1 aliphatic rings. The van der Waals surface area contributed by atoms with E-state index in [1.807, 2.05) is 53.4 Å². The number of benzene rings is 2. The van der Waals surface area contributed by atoms with Gasteiger partial charge in [-0.3, -0.25) is 9.59 Å². The first-order valence-electron chi connectivity index (χ1n) is 11.5. The SMILES string of the molecule is Cc1ccsc1CN(Cc1ccccc1)C(=O)CN(CC1CCCO1)C(=O)c1ccccc1Br. The van der Waals surface area contributed by atoms with Crippen LogP contribution in [-0.4, -0.2) is 47.4 Å². The van der Waals surface area contributed by atoms with Gasteiger partial charge in [0, 0.05) is 29.0 Å². The molecule has 2 heterocycles. The topological polar surface area (TPSA) is 49.9 Å². The first-order chi connectivity index (χ1) is 16.5. The molecule has 1 saturated heterocycles. The second-order valence-electron chi connectivity index (χ2n) is 8.56. The lowest BCUT2D eigenvalue weighted by Crippen LogP contribution is -2.45. The van der Waals surface area contributed by atoms with Gasteiger partial charge in [0.05, 0.1) is 18.2 Å². The lowest BCUT2D eigenvalue weighted by Gasteiger charge is -2.29. The van der Waals surface area contributed by atoms with Gasteiger partial charge in [0.25, 0.3) is 5.91 Å². The molecular formula is C27H29BrN2O3S. The van der Waals surface area contributed by atoms with Crippen molar-refractivity contribution < 1.29 is 14.3 Å². The third-order valence-electron chi connectivity index (χ3n) is 6.04. The van der Waals surface area contributed by atoms with E-state index < -0.39 is 0 Å². The van der Waals surface area contributed by atoms with Gasteiger partial charge in [0.15, 0.2) is 0 Å². The van der Waals surface area contributed by atoms with Crippen molar-refractivity contribution in [2.75, 3.05) is 19.7 Å². The molecule has 0 bridgehead atoms. The minimum Gasteiger partial charge on any atom is -0.376 e. The van der Waals surface area contributed by atoms with Crippen molar-refractivity contribution in [2.45, 2.75) is 39.0 Å². The minimum absolute atomic E-state index is 0.0112. The fourth-order valence-corrected chi connectivity index (χ4v) is 5.47. The van der Waals surface area contributed by atoms with Crippen LogP contribution in [-0.2, 0) is 22.6 Å². The number of halogens is 1. The highest BCUT2D eigenvalue weighted by molar-refractivity contribution is 9.10. The van der Waals surface area contributed by atoms with Crippen molar-refractivity contribution in [3.63, 3.8) is 0 Å². The lowest BCUT2D eigenvalue weighted by atomic mass is 10.1. The number of nitrogens with zero attached hydrogens (tertiary/aromatic N) is 2. The number of rotatable bonds is 9. The molecule has 1 atom stereocenters. The van der Waals surface area contributed by atoms with E-state index in [1.54, 1.807) is 22.3 Å². The van der Waals surface area contributed by atoms with Gasteiger partial charge < -0.3 is 14.5 Å². The molecule has 3 aromatic rings. The number of hydrogen-bond donors (Lipinski definition) is 0. The molecular weight excluding hydrogens is 512 g/mol. The van der Waals surface area contributed by atoms with Crippen LogP contribution in [0.4, 0.5) is 0 Å². The van der Waals surface area contributed by atoms with Gasteiger partial charge in [-0.2, -0.15) is 0 Å². The maximum atomic E-state index is 13.7. The molecule has 0 N–H and O–H groups in total. The van der Waals surface area contributed by atoms with Crippen LogP contribution >= 0.6 is 27.3 Å². The van der Waals surface area contributed by atoms with Gasteiger partial charge in [-0.25, -0.2) is 0 Å². The Balaban J connectivity index is 1.57. The van der Waals surface area contributed by atoms with E-state index in [1.165, 1.54) is 5.56 Å². The molecule has 34 heavy (non-hydrogen) atoms. The summed E-state index contributed by atoms with van der Waals surface area (Å²) in [5, 5.41) is 2.05. The van der Waals surface area contributed by atoms with E-state index >= 15 is 0 Å². The van der Waals surface area contributed by atoms with Gasteiger partial charge >= 0.3 is 0 Å². The summed E-state index contributed by atoms with van der Waals surface area (Å²) in [7, 11) is 0. The van der Waals surface area contributed by atoms with Gasteiger partial charge in [-0.05, 0) is 70.4 Å². The fourth-order valence-electron chi connectivity index (χ4n) is 4.10. The maximum absolute atomic E-state index is 13.7. The third-order valence-corrected chi connectivity index (χ3v) is 7.74. The summed E-state index contributed by atoms with van der Waals surface area (Å²) in [6.07, 6.45) is 1.84. The zero-order valence-corrected chi connectivity index (χ0v) is 21.7. The highest BCUT2D eigenvalue weighted by atomic mass is 79.9. The summed E-state index contributed by atoms with van der Waals surface area (Å²) in [5.74, 6) is -0.238. The Morgan fingerprint density at radius 3 is 2.47 bits per heavy atom. The molecule has 5 nitrogen and oxygen atoms in total. The molecule has 0 radical (unpaired) electrons. The molecule has 0 aliphatic carbocycles. The first kappa shape index (κ1) is 24.6. The van der Waals surface area contributed by atoms with Crippen molar-refractivity contribution in [1.82, 2.24) is 9.80 Å². The van der Waals surface area contributed by atoms with Crippen LogP contribution in [0.2, 0.25) is 0 Å². The third kappa shape index (κ3) is 6.34. The molecule has 1 fully saturated rings. The Morgan fingerprint density at radius 1 is 1.03 bits per heavy atom. The van der Waals surface area contributed by atoms with E-state index in [0.717, 1.165) is 27.8 Å². The van der Waals surface area contributed by atoms with Crippen LogP contribution in [0.15, 0.2) is 70.5 Å². The molecule has 1 aromatic heterocycles. The normalized spacial score (nSPS) is 15.3. The smallest absolute Gasteiger partial charge is 0.255 e. The number of amides is 2. The number of thiophene rings is 1. The zero-order chi connectivity index (χ0) is 23.9. The summed E-state index contributed by atoms with van der Waals surface area (Å²) < 4.78 is 6.53. The summed E-state index contributed by atoms with van der Waals surface area (Å²) in [4.78, 5) is 31.8. The molecule has 2 amide bonds. The highest BCUT2D eigenvalue weighted by Crippen LogP contribution is 2.22. The minimum atomic E-state index is -0.164. The Bertz CT molecular complexity index is 1110. The molecule has 0 saturated carbocycles. The number of aryl methyl sites for hydroxylation is 1. The number of carbonyl (C=O) groups excluding carboxylic acids is 2. The predicted octanol–water partition coefficient (Wildman–Crippen LogP) is 5.67. The average Bonchev–Trinajstić information content (AvgIpc) is 3.50. The Kier molecular flexibility index (Phi) is 8.53. The van der Waals surface area contributed by atoms with Gasteiger partial charge in [0.2, 0.25) is 5.91 Å². The van der Waals surface area contributed by atoms with Crippen LogP contribution in [0.25, 0.3) is 0 Å². The molecule has 1 aliphatic heterocycles. The summed E-state index contributed by atoms with van der Waals surface area (Å²) >= 11 is 5.15. The molecule has 178 valence electrons. The second-order valence-corrected chi connectivity index (χ2v) is 10.4. The second kappa shape index (κ2) is 11.8. The lowest BCUT2D eigenvalue weighted by molar-refractivity contribution is -0.133. The summed E-state index contributed by atoms with van der Waals surface area (Å²) in [6, 6.07) is 19.4. The monoisotopic (exact) mass is 540 g/mol. The van der Waals surface area contributed by atoms with E-state index in [9.17, 15) is 9.59 Å². The standard InChI is InChI=1S/C27H29BrN2O3S/c1-20-13-15-34-25(20)18-29(16-21-8-3-2-4-9-21)26(31)19-30(17-22-10-7-14-33-22)27(32)23-11-5-6-12-24(23)28/h2-6,8-9,11-13,15,22H,7,10,14,16-19H2,1H3. The average molecular weight is 542 g/mol. The molecule has 4 rings (SSSR count). The van der Waals surface area contributed by atoms with E-state index in [4.69, 9.17) is 4.74 Å². The molecule has 1 unspecified atom stereocenters. The van der Waals surface area contributed by atoms with Crippen LogP contribution in [0.1, 0.15) is 39.2 Å². The number of carbonyl (C=O) groups is 2. The van der Waals surface area contributed by atoms with Crippen molar-refractivity contribution in [1.29, 1.82) is 0 Å². The Hall–Kier alpha value is -2.48. The maximum Gasteiger partial charge on any atom is 0.255 e. The van der Waals surface area contributed by atoms with Gasteiger partial charge in [-0.15, -0.1) is 11.3 Å². The van der Waals surface area contributed by atoms with Crippen LogP contribution in [0, 0.1) is 6.92 Å². The van der Waals surface area contributed by atoms with Crippen molar-refractivity contribution >= 4 is 39.1 Å². The van der Waals surface area contributed by atoms with Crippen LogP contribution < -0.4 is 0 Å². The van der Waals surface area contributed by atoms with E-state index in [0.29, 0.717) is 31.8 Å². The predicted molar refractivity (Wildman–Crippen MR) is 139 cm³/mol. The number of hydrogen-bond acceptors (Lipinski definition) is 4.